The van der Waals surface area contributed by atoms with Gasteiger partial charge in [-0.25, -0.2) is 29.9 Å². The van der Waals surface area contributed by atoms with Gasteiger partial charge in [0.05, 0.1) is 38.0 Å². The fraction of sp³-hybridized carbons (Fsp3) is 0.517. The summed E-state index contributed by atoms with van der Waals surface area (Å²) in [6.07, 6.45) is 9.07. The van der Waals surface area contributed by atoms with E-state index in [2.05, 4.69) is 29.9 Å². The maximum absolute atomic E-state index is 9.58. The van der Waals surface area contributed by atoms with Gasteiger partial charge in [0.15, 0.2) is 34.5 Å². The van der Waals surface area contributed by atoms with Gasteiger partial charge in [-0.2, -0.15) is 0 Å². The van der Waals surface area contributed by atoms with Gasteiger partial charge in [-0.15, -0.1) is 0 Å². The Morgan fingerprint density at radius 1 is 0.660 bits per heavy atom. The standard InChI is InChI=1S/2C14H17N5O3.CH4.2Y/c2*1-14(2)21-10-7(4-20)3-8(11(10)22-14)19-6-18-9-12(15)16-5-17-13(9)19;;;/h2*3,5-6,8,10-11,20H,4H2,1-2H3,(H2,15,16,17);1H4;;/t2*8-,10-,11?;;;/m10.../s1. The van der Waals surface area contributed by atoms with Crippen LogP contribution in [0, 0.1) is 0 Å². The van der Waals surface area contributed by atoms with Crippen LogP contribution in [0.5, 0.6) is 0 Å². The molecular formula is C29H38N10O6Y2. The topological polar surface area (TPSA) is 217 Å². The van der Waals surface area contributed by atoms with Crippen LogP contribution in [-0.4, -0.2) is 98.5 Å². The summed E-state index contributed by atoms with van der Waals surface area (Å²) < 4.78 is 27.6. The third kappa shape index (κ3) is 6.71. The number of rotatable bonds is 4. The molecule has 0 bridgehead atoms. The zero-order chi connectivity index (χ0) is 31.0. The Kier molecular flexibility index (Phi) is 11.4. The summed E-state index contributed by atoms with van der Waals surface area (Å²) in [5.74, 6) is -0.693. The molecule has 4 aromatic rings. The maximum Gasteiger partial charge on any atom is 0.166 e. The van der Waals surface area contributed by atoms with Crippen molar-refractivity contribution in [2.45, 2.75) is 83.2 Å². The van der Waals surface area contributed by atoms with E-state index < -0.39 is 11.6 Å². The molecule has 18 heteroatoms. The van der Waals surface area contributed by atoms with Gasteiger partial charge in [0.2, 0.25) is 0 Å². The molecule has 246 valence electrons. The molecule has 6 heterocycles. The molecule has 6 atom stereocenters. The minimum Gasteiger partial charge on any atom is -0.392 e. The van der Waals surface area contributed by atoms with E-state index in [0.717, 1.165) is 11.1 Å². The van der Waals surface area contributed by atoms with E-state index >= 15 is 0 Å². The predicted molar refractivity (Wildman–Crippen MR) is 162 cm³/mol. The van der Waals surface area contributed by atoms with Crippen LogP contribution in [0.1, 0.15) is 47.2 Å². The first-order valence-electron chi connectivity index (χ1n) is 14.2. The van der Waals surface area contributed by atoms with Crippen molar-refractivity contribution in [1.29, 1.82) is 0 Å². The summed E-state index contributed by atoms with van der Waals surface area (Å²) >= 11 is 0. The van der Waals surface area contributed by atoms with Crippen molar-refractivity contribution in [3.8, 4) is 0 Å². The Bertz CT molecular complexity index is 1680. The van der Waals surface area contributed by atoms with E-state index in [4.69, 9.17) is 30.4 Å². The number of aromatic nitrogens is 8. The third-order valence-electron chi connectivity index (χ3n) is 8.21. The van der Waals surface area contributed by atoms with Crippen molar-refractivity contribution in [3.63, 3.8) is 0 Å². The fourth-order valence-corrected chi connectivity index (χ4v) is 6.41. The first-order valence-corrected chi connectivity index (χ1v) is 14.2. The Morgan fingerprint density at radius 2 is 1.04 bits per heavy atom. The van der Waals surface area contributed by atoms with Crippen LogP contribution < -0.4 is 11.5 Å². The second-order valence-corrected chi connectivity index (χ2v) is 12.0. The van der Waals surface area contributed by atoms with Gasteiger partial charge in [-0.1, -0.05) is 19.6 Å². The number of nitrogen functional groups attached to an aromatic ring is 2. The molecule has 47 heavy (non-hydrogen) atoms. The van der Waals surface area contributed by atoms with Crippen LogP contribution >= 0.6 is 0 Å². The van der Waals surface area contributed by atoms with Crippen molar-refractivity contribution in [3.05, 3.63) is 48.6 Å². The van der Waals surface area contributed by atoms with Gasteiger partial charge in [0.1, 0.15) is 48.1 Å². The minimum atomic E-state index is -0.688. The van der Waals surface area contributed by atoms with E-state index in [9.17, 15) is 10.2 Å². The van der Waals surface area contributed by atoms with Crippen molar-refractivity contribution in [2.24, 2.45) is 0 Å². The minimum absolute atomic E-state index is 0. The van der Waals surface area contributed by atoms with Gasteiger partial charge < -0.3 is 49.8 Å². The smallest absolute Gasteiger partial charge is 0.166 e. The average Bonchev–Trinajstić information content (AvgIpc) is 3.80. The Morgan fingerprint density at radius 3 is 1.40 bits per heavy atom. The number of imidazole rings is 2. The molecule has 0 spiro atoms. The second kappa shape index (κ2) is 14.2. The normalized spacial score (nSPS) is 27.9. The summed E-state index contributed by atoms with van der Waals surface area (Å²) in [6, 6.07) is -0.318. The summed E-state index contributed by atoms with van der Waals surface area (Å²) in [7, 11) is 0. The number of nitrogens with zero attached hydrogens (tertiary/aromatic N) is 8. The first kappa shape index (κ1) is 38.0. The van der Waals surface area contributed by atoms with Crippen molar-refractivity contribution < 1.29 is 94.6 Å². The molecule has 2 aliphatic heterocycles. The number of aliphatic hydroxyl groups is 2. The quantitative estimate of drug-likeness (QED) is 0.215. The summed E-state index contributed by atoms with van der Waals surface area (Å²) in [5, 5.41) is 19.2. The van der Waals surface area contributed by atoms with Crippen LogP contribution in [0.4, 0.5) is 11.6 Å². The van der Waals surface area contributed by atoms with Crippen LogP contribution in [0.15, 0.2) is 48.6 Å². The number of aliphatic hydroxyl groups excluding tert-OH is 2. The molecule has 2 unspecified atom stereocenters. The van der Waals surface area contributed by atoms with Gasteiger partial charge in [0, 0.05) is 65.4 Å². The molecule has 2 fully saturated rings. The van der Waals surface area contributed by atoms with Crippen molar-refractivity contribution in [2.75, 3.05) is 24.7 Å². The van der Waals surface area contributed by atoms with E-state index in [1.807, 2.05) is 49.0 Å². The van der Waals surface area contributed by atoms with Crippen molar-refractivity contribution in [1.82, 2.24) is 39.0 Å². The van der Waals surface area contributed by atoms with Crippen LogP contribution in [0.2, 0.25) is 0 Å². The van der Waals surface area contributed by atoms with Crippen LogP contribution in [0.3, 0.4) is 0 Å². The fourth-order valence-electron chi connectivity index (χ4n) is 6.41. The van der Waals surface area contributed by atoms with Gasteiger partial charge in [-0.3, -0.25) is 0 Å². The molecule has 16 nitrogen and oxygen atoms in total. The van der Waals surface area contributed by atoms with Gasteiger partial charge >= 0.3 is 0 Å². The van der Waals surface area contributed by atoms with E-state index in [1.165, 1.54) is 12.7 Å². The van der Waals surface area contributed by atoms with E-state index in [1.54, 1.807) is 12.7 Å². The zero-order valence-corrected chi connectivity index (χ0v) is 31.4. The Balaban J connectivity index is 0.000000200. The number of hydrogen-bond donors (Lipinski definition) is 4. The Labute approximate surface area is 321 Å². The Hall–Kier alpha value is -1.85. The molecule has 4 aliphatic rings. The zero-order valence-electron chi connectivity index (χ0n) is 25.8. The van der Waals surface area contributed by atoms with Gasteiger partial charge in [0.25, 0.3) is 0 Å². The SMILES string of the molecule is C.CC1(C)OC2[C@@H](O1)C(CO)=C[C@@H]2n1cnc2c(N)ncnc21.CC1(C)OC2[C@H](O1)C(CO)=C[C@H]2n1cnc2c(N)ncnc21.[Y].[Y]. The molecule has 0 saturated carbocycles. The number of anilines is 2. The second-order valence-electron chi connectivity index (χ2n) is 12.0. The molecule has 0 amide bonds. The van der Waals surface area contributed by atoms with E-state index in [0.29, 0.717) is 34.0 Å². The first-order chi connectivity index (χ1) is 21.0. The summed E-state index contributed by atoms with van der Waals surface area (Å²) in [6.45, 7) is 7.32. The van der Waals surface area contributed by atoms with Crippen molar-refractivity contribution >= 4 is 34.0 Å². The number of hydrogen-bond acceptors (Lipinski definition) is 14. The third-order valence-corrected chi connectivity index (χ3v) is 8.21. The maximum atomic E-state index is 9.58. The molecule has 6 N–H and O–H groups in total. The molecule has 4 aromatic heterocycles. The number of fused-ring (bicyclic) bond motifs is 4. The molecule has 0 aromatic carbocycles. The molecule has 2 radical (unpaired) electrons. The molecule has 2 saturated heterocycles. The number of nitrogens with two attached hydrogens (primary N) is 2. The number of ether oxygens (including phenoxy) is 4. The molecule has 2 aliphatic carbocycles. The molecular weight excluding hydrogens is 762 g/mol. The van der Waals surface area contributed by atoms with Crippen LogP contribution in [0.25, 0.3) is 22.3 Å². The monoisotopic (exact) mass is 800 g/mol. The summed E-state index contributed by atoms with van der Waals surface area (Å²) in [4.78, 5) is 25.0. The predicted octanol–water partition coefficient (Wildman–Crippen LogP) is 1.44. The average molecular weight is 800 g/mol. The molecule has 8 rings (SSSR count). The largest absolute Gasteiger partial charge is 0.392 e. The van der Waals surface area contributed by atoms with Gasteiger partial charge in [-0.05, 0) is 38.8 Å². The van der Waals surface area contributed by atoms with E-state index in [-0.39, 0.29) is 123 Å². The van der Waals surface area contributed by atoms with Crippen LogP contribution in [-0.2, 0) is 84.4 Å². The summed E-state index contributed by atoms with van der Waals surface area (Å²) in [5.41, 5.74) is 15.7.